The van der Waals surface area contributed by atoms with E-state index in [9.17, 15) is 0 Å². The van der Waals surface area contributed by atoms with Gasteiger partial charge < -0.3 is 5.73 Å². The predicted octanol–water partition coefficient (Wildman–Crippen LogP) is 4.65. The number of aromatic nitrogens is 2. The van der Waals surface area contributed by atoms with Crippen LogP contribution in [0.1, 0.15) is 0 Å². The lowest BCUT2D eigenvalue weighted by atomic mass is 10.1. The Hall–Kier alpha value is -1.23. The van der Waals surface area contributed by atoms with Crippen LogP contribution < -0.4 is 5.73 Å². The third-order valence-corrected chi connectivity index (χ3v) is 4.19. The number of nitrogen functional groups attached to an aromatic ring is 1. The number of imidazole rings is 1. The summed E-state index contributed by atoms with van der Waals surface area (Å²) in [5.74, 6) is 0.565. The van der Waals surface area contributed by atoms with Crippen LogP contribution in [0.15, 0.2) is 41.0 Å². The number of nitrogens with two attached hydrogens (primary N) is 1. The van der Waals surface area contributed by atoms with Crippen molar-refractivity contribution in [2.45, 2.75) is 0 Å². The Kier molecular flexibility index (Phi) is 3.17. The zero-order valence-corrected chi connectivity index (χ0v) is 12.7. The molecule has 0 bridgehead atoms. The van der Waals surface area contributed by atoms with Crippen LogP contribution in [-0.2, 0) is 0 Å². The van der Waals surface area contributed by atoms with Crippen molar-refractivity contribution >= 4 is 50.6 Å². The van der Waals surface area contributed by atoms with E-state index in [1.807, 2.05) is 28.8 Å². The van der Waals surface area contributed by atoms with Gasteiger partial charge in [-0.05, 0) is 40.2 Å². The summed E-state index contributed by atoms with van der Waals surface area (Å²) in [6.45, 7) is 0. The minimum atomic E-state index is 0.481. The van der Waals surface area contributed by atoms with Crippen LogP contribution in [0.2, 0.25) is 10.0 Å². The lowest BCUT2D eigenvalue weighted by Gasteiger charge is -2.01. The molecular weight excluding hydrogens is 349 g/mol. The molecule has 0 radical (unpaired) electrons. The van der Waals surface area contributed by atoms with Crippen molar-refractivity contribution < 1.29 is 0 Å². The summed E-state index contributed by atoms with van der Waals surface area (Å²) in [6, 6.07) is 9.15. The quantitative estimate of drug-likeness (QED) is 0.689. The second kappa shape index (κ2) is 4.71. The van der Waals surface area contributed by atoms with Crippen molar-refractivity contribution in [3.63, 3.8) is 0 Å². The molecule has 0 saturated carbocycles. The van der Waals surface area contributed by atoms with E-state index in [4.69, 9.17) is 28.9 Å². The minimum absolute atomic E-state index is 0.481. The number of fused-ring (bicyclic) bond motifs is 1. The molecule has 6 heteroatoms. The Balaban J connectivity index is 2.28. The Morgan fingerprint density at radius 3 is 2.63 bits per heavy atom. The fraction of sp³-hybridized carbons (Fsp3) is 0. The van der Waals surface area contributed by atoms with Crippen molar-refractivity contribution in [3.8, 4) is 11.3 Å². The summed E-state index contributed by atoms with van der Waals surface area (Å²) in [7, 11) is 0. The molecule has 2 N–H and O–H groups in total. The first-order chi connectivity index (χ1) is 9.08. The molecule has 3 rings (SSSR count). The molecule has 1 aromatic carbocycles. The van der Waals surface area contributed by atoms with Gasteiger partial charge in [0.25, 0.3) is 0 Å². The van der Waals surface area contributed by atoms with Crippen molar-refractivity contribution in [2.75, 3.05) is 5.73 Å². The molecule has 2 aromatic heterocycles. The largest absolute Gasteiger partial charge is 0.383 e. The van der Waals surface area contributed by atoms with Gasteiger partial charge in [0.1, 0.15) is 11.5 Å². The number of halogens is 3. The van der Waals surface area contributed by atoms with Gasteiger partial charge in [0.05, 0.1) is 14.5 Å². The summed E-state index contributed by atoms with van der Waals surface area (Å²) in [6.07, 6.45) is 1.86. The molecule has 0 aliphatic heterocycles. The van der Waals surface area contributed by atoms with Gasteiger partial charge in [-0.2, -0.15) is 0 Å². The molecule has 0 fully saturated rings. The Bertz CT molecular complexity index is 783. The first-order valence-electron chi connectivity index (χ1n) is 5.45. The van der Waals surface area contributed by atoms with Gasteiger partial charge >= 0.3 is 0 Å². The standard InChI is InChI=1S/C13H8BrCl2N3/c14-8-2-1-5-19-12(17)11(18-13(8)19)7-3-4-9(15)10(16)6-7/h1-6H,17H2. The first kappa shape index (κ1) is 12.8. The average Bonchev–Trinajstić information content (AvgIpc) is 2.72. The fourth-order valence-corrected chi connectivity index (χ4v) is 2.64. The number of nitrogens with zero attached hydrogens (tertiary/aromatic N) is 2. The van der Waals surface area contributed by atoms with Crippen LogP contribution in [-0.4, -0.2) is 9.38 Å². The third-order valence-electron chi connectivity index (χ3n) is 2.83. The molecule has 2 heterocycles. The normalized spacial score (nSPS) is 11.1. The van der Waals surface area contributed by atoms with Crippen LogP contribution >= 0.6 is 39.1 Å². The Morgan fingerprint density at radius 1 is 1.16 bits per heavy atom. The first-order valence-corrected chi connectivity index (χ1v) is 7.00. The van der Waals surface area contributed by atoms with Crippen molar-refractivity contribution in [2.24, 2.45) is 0 Å². The number of hydrogen-bond donors (Lipinski definition) is 1. The van der Waals surface area contributed by atoms with Gasteiger partial charge in [-0.1, -0.05) is 29.3 Å². The van der Waals surface area contributed by atoms with E-state index < -0.39 is 0 Å². The van der Waals surface area contributed by atoms with E-state index in [2.05, 4.69) is 20.9 Å². The van der Waals surface area contributed by atoms with Gasteiger partial charge in [-0.15, -0.1) is 0 Å². The number of hydrogen-bond acceptors (Lipinski definition) is 2. The highest BCUT2D eigenvalue weighted by Gasteiger charge is 2.13. The second-order valence-electron chi connectivity index (χ2n) is 4.02. The van der Waals surface area contributed by atoms with Gasteiger partial charge in [0.15, 0.2) is 5.65 Å². The van der Waals surface area contributed by atoms with Crippen LogP contribution in [0.25, 0.3) is 16.9 Å². The fourth-order valence-electron chi connectivity index (χ4n) is 1.91. The zero-order valence-electron chi connectivity index (χ0n) is 9.57. The molecule has 0 unspecified atom stereocenters. The SMILES string of the molecule is Nc1c(-c2ccc(Cl)c(Cl)c2)nc2c(Br)cccn12. The van der Waals surface area contributed by atoms with Crippen molar-refractivity contribution in [1.29, 1.82) is 0 Å². The summed E-state index contributed by atoms with van der Waals surface area (Å²) in [5, 5.41) is 0.989. The smallest absolute Gasteiger partial charge is 0.153 e. The monoisotopic (exact) mass is 355 g/mol. The van der Waals surface area contributed by atoms with E-state index in [0.29, 0.717) is 21.6 Å². The predicted molar refractivity (Wildman–Crippen MR) is 82.8 cm³/mol. The van der Waals surface area contributed by atoms with Gasteiger partial charge in [-0.3, -0.25) is 4.40 Å². The maximum absolute atomic E-state index is 6.13. The van der Waals surface area contributed by atoms with Gasteiger partial charge in [0, 0.05) is 11.8 Å². The molecule has 0 spiro atoms. The minimum Gasteiger partial charge on any atom is -0.383 e. The molecule has 19 heavy (non-hydrogen) atoms. The van der Waals surface area contributed by atoms with Gasteiger partial charge in [-0.25, -0.2) is 4.98 Å². The molecule has 0 atom stereocenters. The Labute approximate surface area is 128 Å². The maximum atomic E-state index is 6.13. The van der Waals surface area contributed by atoms with E-state index in [1.165, 1.54) is 0 Å². The molecule has 0 aliphatic rings. The van der Waals surface area contributed by atoms with Crippen LogP contribution in [0.3, 0.4) is 0 Å². The topological polar surface area (TPSA) is 43.3 Å². The highest BCUT2D eigenvalue weighted by Crippen LogP contribution is 2.32. The second-order valence-corrected chi connectivity index (χ2v) is 5.69. The molecule has 96 valence electrons. The van der Waals surface area contributed by atoms with Crippen LogP contribution in [0, 0.1) is 0 Å². The lowest BCUT2D eigenvalue weighted by Crippen LogP contribution is -1.93. The number of pyridine rings is 1. The average molecular weight is 357 g/mol. The van der Waals surface area contributed by atoms with Crippen LogP contribution in [0.5, 0.6) is 0 Å². The third kappa shape index (κ3) is 2.10. The molecular formula is C13H8BrCl2N3. The van der Waals surface area contributed by atoms with Crippen molar-refractivity contribution in [3.05, 3.63) is 51.0 Å². The molecule has 3 aromatic rings. The Morgan fingerprint density at radius 2 is 1.95 bits per heavy atom. The number of anilines is 1. The molecule has 3 nitrogen and oxygen atoms in total. The van der Waals surface area contributed by atoms with E-state index >= 15 is 0 Å². The maximum Gasteiger partial charge on any atom is 0.153 e. The summed E-state index contributed by atoms with van der Waals surface area (Å²) in [5.41, 5.74) is 8.42. The molecule has 0 saturated heterocycles. The van der Waals surface area contributed by atoms with Crippen LogP contribution in [0.4, 0.5) is 5.82 Å². The van der Waals surface area contributed by atoms with E-state index in [1.54, 1.807) is 12.1 Å². The molecule has 0 aliphatic carbocycles. The van der Waals surface area contributed by atoms with E-state index in [-0.39, 0.29) is 0 Å². The zero-order chi connectivity index (χ0) is 13.6. The lowest BCUT2D eigenvalue weighted by molar-refractivity contribution is 1.19. The number of benzene rings is 1. The summed E-state index contributed by atoms with van der Waals surface area (Å²) < 4.78 is 2.70. The van der Waals surface area contributed by atoms with E-state index in [0.717, 1.165) is 15.7 Å². The number of rotatable bonds is 1. The highest BCUT2D eigenvalue weighted by atomic mass is 79.9. The van der Waals surface area contributed by atoms with Gasteiger partial charge in [0.2, 0.25) is 0 Å². The highest BCUT2D eigenvalue weighted by molar-refractivity contribution is 9.10. The summed E-state index contributed by atoms with van der Waals surface area (Å²) in [4.78, 5) is 4.54. The summed E-state index contributed by atoms with van der Waals surface area (Å²) >= 11 is 15.4. The van der Waals surface area contributed by atoms with Crippen molar-refractivity contribution in [1.82, 2.24) is 9.38 Å². The molecule has 0 amide bonds.